The first-order valence-corrected chi connectivity index (χ1v) is 27.7. The number of nitrogens with two attached hydrogens (primary N) is 4. The number of carbonyl (C=O) groups excluding carboxylic acids is 9. The molecule has 78 heavy (non-hydrogen) atoms. The van der Waals surface area contributed by atoms with E-state index in [0.29, 0.717) is 54.9 Å². The van der Waals surface area contributed by atoms with Crippen molar-refractivity contribution in [3.05, 3.63) is 65.7 Å². The van der Waals surface area contributed by atoms with Gasteiger partial charge in [-0.3, -0.25) is 48.1 Å². The van der Waals surface area contributed by atoms with E-state index in [2.05, 4.69) is 36.9 Å². The Bertz CT molecular complexity index is 2450. The first kappa shape index (κ1) is 60.0. The van der Waals surface area contributed by atoms with Gasteiger partial charge in [0.1, 0.15) is 48.0 Å². The van der Waals surface area contributed by atoms with Gasteiger partial charge in [0, 0.05) is 32.4 Å². The maximum atomic E-state index is 14.7. The van der Waals surface area contributed by atoms with E-state index in [9.17, 15) is 43.2 Å². The van der Waals surface area contributed by atoms with Crippen LogP contribution >= 0.6 is 0 Å². The molecule has 14 N–H and O–H groups in total. The van der Waals surface area contributed by atoms with Crippen molar-refractivity contribution in [2.24, 2.45) is 57.0 Å². The summed E-state index contributed by atoms with van der Waals surface area (Å²) in [6.45, 7) is 7.67. The number of amides is 9. The van der Waals surface area contributed by atoms with Gasteiger partial charge in [-0.05, 0) is 130 Å². The van der Waals surface area contributed by atoms with Crippen LogP contribution in [0.25, 0.3) is 0 Å². The Hall–Kier alpha value is -7.26. The number of hydrogen-bond acceptors (Lipinski definition) is 11. The topological polar surface area (TPSA) is 355 Å². The number of nitrogens with zero attached hydrogens (tertiary/aromatic N) is 2. The van der Waals surface area contributed by atoms with Crippen molar-refractivity contribution in [1.29, 1.82) is 0 Å². The van der Waals surface area contributed by atoms with E-state index >= 15 is 0 Å². The van der Waals surface area contributed by atoms with Gasteiger partial charge in [-0.15, -0.1) is 0 Å². The molecule has 0 spiro atoms. The van der Waals surface area contributed by atoms with Crippen molar-refractivity contribution in [2.45, 2.75) is 166 Å². The van der Waals surface area contributed by atoms with Gasteiger partial charge in [0.05, 0.1) is 13.0 Å². The number of benzene rings is 2. The molecule has 7 atom stereocenters. The van der Waals surface area contributed by atoms with Gasteiger partial charge < -0.3 is 64.5 Å². The van der Waals surface area contributed by atoms with Crippen LogP contribution in [0.5, 0.6) is 5.75 Å². The molecule has 4 bridgehead atoms. The van der Waals surface area contributed by atoms with Crippen LogP contribution in [-0.2, 0) is 56.0 Å². The number of hydrogen-bond donors (Lipinski definition) is 10. The number of ether oxygens (including phenoxy) is 1. The zero-order chi connectivity index (χ0) is 56.7. The lowest BCUT2D eigenvalue weighted by atomic mass is 9.49. The Kier molecular flexibility index (Phi) is 21.4. The summed E-state index contributed by atoms with van der Waals surface area (Å²) in [5.74, 6) is -4.50. The molecular formula is C56H82N12O10. The molecule has 4 saturated carbocycles. The minimum Gasteiger partial charge on any atom is -0.494 e. The first-order valence-electron chi connectivity index (χ1n) is 27.7. The highest BCUT2D eigenvalue weighted by molar-refractivity contribution is 5.99. The highest BCUT2D eigenvalue weighted by atomic mass is 16.5. The molecule has 0 unspecified atom stereocenters. The first-order chi connectivity index (χ1) is 37.2. The van der Waals surface area contributed by atoms with Gasteiger partial charge >= 0.3 is 0 Å². The zero-order valence-electron chi connectivity index (χ0n) is 45.6. The second-order valence-electron chi connectivity index (χ2n) is 22.3. The van der Waals surface area contributed by atoms with Gasteiger partial charge in [-0.2, -0.15) is 0 Å². The van der Waals surface area contributed by atoms with E-state index in [1.54, 1.807) is 57.2 Å². The second kappa shape index (κ2) is 27.9. The van der Waals surface area contributed by atoms with Crippen molar-refractivity contribution >= 4 is 59.1 Å². The Morgan fingerprint density at radius 1 is 0.679 bits per heavy atom. The second-order valence-corrected chi connectivity index (χ2v) is 22.3. The van der Waals surface area contributed by atoms with Crippen LogP contribution in [0.1, 0.15) is 122 Å². The summed E-state index contributed by atoms with van der Waals surface area (Å²) in [6, 6.07) is 7.72. The monoisotopic (exact) mass is 1080 g/mol. The standard InChI is InChI=1S/C56H82N12O10/c1-5-39(54(77)68-21-11-15-44(68)52(75)64-40(48(58)71)14-10-20-61-55(59)60)63-50(73)43(27-45(57)69)66-53(76)47(32(3)4)67-51(74)42(25-33-12-8-7-9-13-33)65-49(72)41(26-34-16-18-38(19-17-34)78-6-2)62-46(70)31-56-28-35-22-36(29-56)24-37(23-35)30-56/h7-9,12-13,16-19,32,35-37,39-44,47H,5-6,10-11,14-15,20-31H2,1-4H3,(H2,57,69)(H2,58,71)(H,62,70)(H,63,73)(H,64,75)(H,65,72)(H,66,76)(H,67,74)(H4,59,60,61)/t35?,36?,37?,39-,40-,41+,42-,43-,44-,47-,56?/m0/s1. The molecule has 5 fully saturated rings. The fourth-order valence-electron chi connectivity index (χ4n) is 12.4. The van der Waals surface area contributed by atoms with Crippen LogP contribution in [0.4, 0.5) is 0 Å². The van der Waals surface area contributed by atoms with E-state index in [1.807, 2.05) is 25.1 Å². The molecule has 22 nitrogen and oxygen atoms in total. The highest BCUT2D eigenvalue weighted by Crippen LogP contribution is 2.61. The summed E-state index contributed by atoms with van der Waals surface area (Å²) in [5.41, 5.74) is 23.3. The third kappa shape index (κ3) is 16.9. The van der Waals surface area contributed by atoms with E-state index in [4.69, 9.17) is 27.7 Å². The lowest BCUT2D eigenvalue weighted by Crippen LogP contribution is -2.61. The van der Waals surface area contributed by atoms with Crippen LogP contribution < -0.4 is 59.6 Å². The van der Waals surface area contributed by atoms with Gasteiger partial charge in [0.15, 0.2) is 5.96 Å². The summed E-state index contributed by atoms with van der Waals surface area (Å²) >= 11 is 0. The molecule has 0 radical (unpaired) electrons. The Morgan fingerprint density at radius 2 is 1.24 bits per heavy atom. The van der Waals surface area contributed by atoms with Crippen molar-refractivity contribution in [3.63, 3.8) is 0 Å². The van der Waals surface area contributed by atoms with Crippen molar-refractivity contribution in [3.8, 4) is 5.75 Å². The average molecular weight is 1080 g/mol. The fourth-order valence-corrected chi connectivity index (χ4v) is 12.4. The lowest BCUT2D eigenvalue weighted by molar-refractivity contribution is -0.142. The molecule has 22 heteroatoms. The van der Waals surface area contributed by atoms with Crippen molar-refractivity contribution < 1.29 is 47.9 Å². The van der Waals surface area contributed by atoms with E-state index in [0.717, 1.165) is 24.8 Å². The van der Waals surface area contributed by atoms with Gasteiger partial charge in [0.2, 0.25) is 53.2 Å². The number of guanidine groups is 1. The Balaban J connectivity index is 1.15. The summed E-state index contributed by atoms with van der Waals surface area (Å²) in [4.78, 5) is 129. The minimum atomic E-state index is -1.60. The number of carbonyl (C=O) groups is 9. The highest BCUT2D eigenvalue weighted by Gasteiger charge is 2.52. The fraction of sp³-hybridized carbons (Fsp3) is 0.607. The molecule has 0 aromatic heterocycles. The number of nitrogens with one attached hydrogen (secondary N) is 6. The predicted molar refractivity (Wildman–Crippen MR) is 291 cm³/mol. The molecule has 1 aliphatic heterocycles. The maximum absolute atomic E-state index is 14.7. The molecule has 5 aliphatic rings. The minimum absolute atomic E-state index is 0.00689. The van der Waals surface area contributed by atoms with Crippen LogP contribution in [0.15, 0.2) is 59.6 Å². The van der Waals surface area contributed by atoms with Crippen LogP contribution in [0.2, 0.25) is 0 Å². The zero-order valence-corrected chi connectivity index (χ0v) is 45.6. The SMILES string of the molecule is CCOc1ccc(C[C@@H](NC(=O)CC23CC4CC(CC(C4)C2)C3)C(=O)N[C@@H](Cc2ccccc2)C(=O)N[C@H](C(=O)N[C@@H](CC(N)=O)C(=O)N[C@@H](CC)C(=O)N2CCC[C@H]2C(=O)N[C@@H](CCCN=C(N)N)C(N)=O)C(C)C)cc1. The number of primary amides is 2. The summed E-state index contributed by atoms with van der Waals surface area (Å²) < 4.78 is 5.64. The largest absolute Gasteiger partial charge is 0.494 e. The molecule has 2 aromatic rings. The maximum Gasteiger partial charge on any atom is 0.245 e. The van der Waals surface area contributed by atoms with E-state index < -0.39 is 102 Å². The molecule has 7 rings (SSSR count). The van der Waals surface area contributed by atoms with Crippen LogP contribution in [0.3, 0.4) is 0 Å². The predicted octanol–water partition coefficient (Wildman–Crippen LogP) is 0.857. The van der Waals surface area contributed by atoms with Crippen LogP contribution in [-0.4, -0.2) is 126 Å². The smallest absolute Gasteiger partial charge is 0.245 e. The number of likely N-dealkylation sites (tertiary alicyclic amines) is 1. The number of rotatable bonds is 29. The average Bonchev–Trinajstić information content (AvgIpc) is 3.96. The molecule has 4 aliphatic carbocycles. The molecule has 1 saturated heterocycles. The van der Waals surface area contributed by atoms with Gasteiger partial charge in [0.25, 0.3) is 0 Å². The third-order valence-electron chi connectivity index (χ3n) is 15.7. The van der Waals surface area contributed by atoms with Crippen molar-refractivity contribution in [2.75, 3.05) is 19.7 Å². The van der Waals surface area contributed by atoms with Gasteiger partial charge in [-0.1, -0.05) is 63.2 Å². The summed E-state index contributed by atoms with van der Waals surface area (Å²) in [6.07, 6.45) is 7.68. The molecular weight excluding hydrogens is 1000 g/mol. The van der Waals surface area contributed by atoms with E-state index in [-0.39, 0.29) is 62.5 Å². The third-order valence-corrected chi connectivity index (χ3v) is 15.7. The molecule has 1 heterocycles. The quantitative estimate of drug-likeness (QED) is 0.0308. The van der Waals surface area contributed by atoms with Crippen LogP contribution in [0, 0.1) is 29.1 Å². The molecule has 9 amide bonds. The van der Waals surface area contributed by atoms with Crippen molar-refractivity contribution in [1.82, 2.24) is 36.8 Å². The van der Waals surface area contributed by atoms with E-state index in [1.165, 1.54) is 24.2 Å². The van der Waals surface area contributed by atoms with Gasteiger partial charge in [-0.25, -0.2) is 0 Å². The molecule has 426 valence electrons. The summed E-state index contributed by atoms with van der Waals surface area (Å²) in [7, 11) is 0. The Morgan fingerprint density at radius 3 is 1.81 bits per heavy atom. The molecule has 2 aromatic carbocycles. The summed E-state index contributed by atoms with van der Waals surface area (Å²) in [5, 5.41) is 16.5. The Labute approximate surface area is 456 Å². The lowest BCUT2D eigenvalue weighted by Gasteiger charge is -2.56. The normalized spacial score (nSPS) is 22.3. The number of aliphatic imine (C=N–C) groups is 1.